The molecule has 0 aromatic heterocycles. The molecule has 0 spiro atoms. The molecule has 0 aliphatic carbocycles. The van der Waals surface area contributed by atoms with Crippen LogP contribution in [0.25, 0.3) is 6.08 Å². The number of nitriles is 1. The van der Waals surface area contributed by atoms with Gasteiger partial charge in [-0.25, -0.2) is 0 Å². The molecule has 3 rings (SSSR count). The topological polar surface area (TPSA) is 44.1 Å². The summed E-state index contributed by atoms with van der Waals surface area (Å²) in [5.74, 6) is -0.224. The van der Waals surface area contributed by atoms with E-state index in [0.717, 1.165) is 24.1 Å². The van der Waals surface area contributed by atoms with Crippen LogP contribution in [0.2, 0.25) is 0 Å². The van der Waals surface area contributed by atoms with Crippen molar-refractivity contribution in [2.45, 2.75) is 12.8 Å². The molecule has 1 aliphatic rings. The Hall–Kier alpha value is -2.86. The second kappa shape index (κ2) is 6.28. The van der Waals surface area contributed by atoms with E-state index in [1.807, 2.05) is 60.7 Å². The summed E-state index contributed by atoms with van der Waals surface area (Å²) in [6, 6.07) is 19.4. The molecule has 2 aromatic carbocycles. The quantitative estimate of drug-likeness (QED) is 0.626. The van der Waals surface area contributed by atoms with Gasteiger partial charge in [-0.3, -0.25) is 4.79 Å². The van der Waals surface area contributed by atoms with Crippen LogP contribution >= 0.6 is 0 Å². The van der Waals surface area contributed by atoms with Crippen molar-refractivity contribution in [3.8, 4) is 6.07 Å². The maximum atomic E-state index is 12.7. The van der Waals surface area contributed by atoms with Gasteiger partial charge < -0.3 is 4.90 Å². The summed E-state index contributed by atoms with van der Waals surface area (Å²) in [4.78, 5) is 14.5. The SMILES string of the molecule is N#C/C(=C\c1ccccc1)C(=O)N1CCCc2ccccc21. The van der Waals surface area contributed by atoms with E-state index >= 15 is 0 Å². The smallest absolute Gasteiger partial charge is 0.268 e. The number of carbonyl (C=O) groups is 1. The highest BCUT2D eigenvalue weighted by Gasteiger charge is 2.24. The molecule has 0 saturated carbocycles. The van der Waals surface area contributed by atoms with Gasteiger partial charge in [-0.2, -0.15) is 5.26 Å². The van der Waals surface area contributed by atoms with Gasteiger partial charge in [0.2, 0.25) is 0 Å². The van der Waals surface area contributed by atoms with E-state index < -0.39 is 0 Å². The predicted octanol–water partition coefficient (Wildman–Crippen LogP) is 3.57. The average molecular weight is 288 g/mol. The first-order chi connectivity index (χ1) is 10.8. The first-order valence-electron chi connectivity index (χ1n) is 7.36. The maximum Gasteiger partial charge on any atom is 0.268 e. The zero-order valence-corrected chi connectivity index (χ0v) is 12.2. The van der Waals surface area contributed by atoms with Gasteiger partial charge in [0.05, 0.1) is 0 Å². The lowest BCUT2D eigenvalue weighted by atomic mass is 10.0. The maximum absolute atomic E-state index is 12.7. The highest BCUT2D eigenvalue weighted by molar-refractivity contribution is 6.11. The summed E-state index contributed by atoms with van der Waals surface area (Å²) in [5, 5.41) is 9.37. The first kappa shape index (κ1) is 14.1. The van der Waals surface area contributed by atoms with Gasteiger partial charge in [0.15, 0.2) is 0 Å². The van der Waals surface area contributed by atoms with Gasteiger partial charge in [0.1, 0.15) is 11.6 Å². The minimum atomic E-state index is -0.224. The molecule has 1 amide bonds. The Labute approximate surface area is 130 Å². The standard InChI is InChI=1S/C19H16N2O/c20-14-17(13-15-7-2-1-3-8-15)19(22)21-12-6-10-16-9-4-5-11-18(16)21/h1-5,7-9,11,13H,6,10,12H2/b17-13+. The summed E-state index contributed by atoms with van der Waals surface area (Å²) >= 11 is 0. The molecule has 3 nitrogen and oxygen atoms in total. The van der Waals surface area contributed by atoms with E-state index in [-0.39, 0.29) is 11.5 Å². The molecule has 0 bridgehead atoms. The summed E-state index contributed by atoms with van der Waals surface area (Å²) in [7, 11) is 0. The highest BCUT2D eigenvalue weighted by Crippen LogP contribution is 2.28. The number of para-hydroxylation sites is 1. The molecule has 0 N–H and O–H groups in total. The largest absolute Gasteiger partial charge is 0.307 e. The molecule has 3 heteroatoms. The van der Waals surface area contributed by atoms with Crippen LogP contribution in [-0.2, 0) is 11.2 Å². The third-order valence-corrected chi connectivity index (χ3v) is 3.82. The Kier molecular flexibility index (Phi) is 4.02. The van der Waals surface area contributed by atoms with Crippen molar-refractivity contribution < 1.29 is 4.79 Å². The lowest BCUT2D eigenvalue weighted by molar-refractivity contribution is -0.114. The lowest BCUT2D eigenvalue weighted by Crippen LogP contribution is -2.36. The Morgan fingerprint density at radius 2 is 1.82 bits per heavy atom. The molecule has 108 valence electrons. The molecule has 0 unspecified atom stereocenters. The summed E-state index contributed by atoms with van der Waals surface area (Å²) < 4.78 is 0. The van der Waals surface area contributed by atoms with Gasteiger partial charge >= 0.3 is 0 Å². The van der Waals surface area contributed by atoms with Gasteiger partial charge in [0.25, 0.3) is 5.91 Å². The van der Waals surface area contributed by atoms with Gasteiger partial charge in [0, 0.05) is 12.2 Å². The van der Waals surface area contributed by atoms with Crippen LogP contribution in [-0.4, -0.2) is 12.5 Å². The van der Waals surface area contributed by atoms with E-state index in [2.05, 4.69) is 0 Å². The molecule has 2 aromatic rings. The molecule has 0 atom stereocenters. The summed E-state index contributed by atoms with van der Waals surface area (Å²) in [6.07, 6.45) is 3.55. The van der Waals surface area contributed by atoms with Crippen molar-refractivity contribution in [2.24, 2.45) is 0 Å². The number of aryl methyl sites for hydroxylation is 1. The monoisotopic (exact) mass is 288 g/mol. The fourth-order valence-electron chi connectivity index (χ4n) is 2.75. The number of carbonyl (C=O) groups excluding carboxylic acids is 1. The molecular weight excluding hydrogens is 272 g/mol. The molecule has 0 saturated heterocycles. The van der Waals surface area contributed by atoms with Crippen molar-refractivity contribution in [1.29, 1.82) is 5.26 Å². The third kappa shape index (κ3) is 2.77. The number of hydrogen-bond donors (Lipinski definition) is 0. The zero-order chi connectivity index (χ0) is 15.4. The van der Waals surface area contributed by atoms with Gasteiger partial charge in [-0.1, -0.05) is 48.5 Å². The number of fused-ring (bicyclic) bond motifs is 1. The van der Waals surface area contributed by atoms with Crippen molar-refractivity contribution in [2.75, 3.05) is 11.4 Å². The van der Waals surface area contributed by atoms with Crippen molar-refractivity contribution >= 4 is 17.7 Å². The van der Waals surface area contributed by atoms with Crippen LogP contribution in [0.1, 0.15) is 17.5 Å². The number of nitrogens with zero attached hydrogens (tertiary/aromatic N) is 2. The molecule has 0 radical (unpaired) electrons. The Bertz CT molecular complexity index is 757. The first-order valence-corrected chi connectivity index (χ1v) is 7.36. The number of rotatable bonds is 2. The van der Waals surface area contributed by atoms with E-state index in [9.17, 15) is 10.1 Å². The molecule has 1 heterocycles. The number of amides is 1. The van der Waals surface area contributed by atoms with Gasteiger partial charge in [-0.05, 0) is 36.1 Å². The second-order valence-corrected chi connectivity index (χ2v) is 5.27. The lowest BCUT2D eigenvalue weighted by Gasteiger charge is -2.29. The fraction of sp³-hybridized carbons (Fsp3) is 0.158. The van der Waals surface area contributed by atoms with Crippen molar-refractivity contribution in [1.82, 2.24) is 0 Å². The minimum absolute atomic E-state index is 0.169. The van der Waals surface area contributed by atoms with E-state index in [1.165, 1.54) is 5.56 Å². The Morgan fingerprint density at radius 3 is 2.59 bits per heavy atom. The molecule has 0 fully saturated rings. The predicted molar refractivity (Wildman–Crippen MR) is 87.1 cm³/mol. The molecule has 22 heavy (non-hydrogen) atoms. The fourth-order valence-corrected chi connectivity index (χ4v) is 2.75. The van der Waals surface area contributed by atoms with Crippen molar-refractivity contribution in [3.05, 3.63) is 71.3 Å². The van der Waals surface area contributed by atoms with Crippen LogP contribution in [0, 0.1) is 11.3 Å². The van der Waals surface area contributed by atoms with Crippen LogP contribution in [0.3, 0.4) is 0 Å². The molecule has 1 aliphatic heterocycles. The number of hydrogen-bond acceptors (Lipinski definition) is 2. The minimum Gasteiger partial charge on any atom is -0.307 e. The second-order valence-electron chi connectivity index (χ2n) is 5.27. The Balaban J connectivity index is 1.94. The van der Waals surface area contributed by atoms with E-state index in [4.69, 9.17) is 0 Å². The summed E-state index contributed by atoms with van der Waals surface area (Å²) in [5.41, 5.74) is 3.12. The van der Waals surface area contributed by atoms with Crippen LogP contribution in [0.4, 0.5) is 5.69 Å². The summed E-state index contributed by atoms with van der Waals surface area (Å²) in [6.45, 7) is 0.656. The third-order valence-electron chi connectivity index (χ3n) is 3.82. The number of anilines is 1. The average Bonchev–Trinajstić information content (AvgIpc) is 2.59. The van der Waals surface area contributed by atoms with Crippen LogP contribution in [0.15, 0.2) is 60.2 Å². The van der Waals surface area contributed by atoms with Gasteiger partial charge in [-0.15, -0.1) is 0 Å². The van der Waals surface area contributed by atoms with E-state index in [1.54, 1.807) is 11.0 Å². The van der Waals surface area contributed by atoms with Crippen LogP contribution in [0.5, 0.6) is 0 Å². The van der Waals surface area contributed by atoms with Crippen LogP contribution < -0.4 is 4.90 Å². The molecular formula is C19H16N2O. The van der Waals surface area contributed by atoms with E-state index in [0.29, 0.717) is 6.54 Å². The van der Waals surface area contributed by atoms with Crippen molar-refractivity contribution in [3.63, 3.8) is 0 Å². The number of benzene rings is 2. The normalized spacial score (nSPS) is 14.1. The zero-order valence-electron chi connectivity index (χ0n) is 12.2. The Morgan fingerprint density at radius 1 is 1.09 bits per heavy atom. The highest BCUT2D eigenvalue weighted by atomic mass is 16.2.